The molecular formula is C22H19FN4O2S. The fraction of sp³-hybridized carbons (Fsp3) is 0.136. The van der Waals surface area contributed by atoms with E-state index in [1.54, 1.807) is 18.3 Å². The van der Waals surface area contributed by atoms with Crippen LogP contribution in [-0.2, 0) is 4.79 Å². The second kappa shape index (κ2) is 8.54. The number of halogens is 1. The second-order valence-electron chi connectivity index (χ2n) is 6.67. The fourth-order valence-corrected chi connectivity index (χ4v) is 3.78. The first-order valence-corrected chi connectivity index (χ1v) is 10.2. The molecule has 8 heteroatoms. The van der Waals surface area contributed by atoms with E-state index in [-0.39, 0.29) is 17.5 Å². The molecule has 4 aromatic rings. The summed E-state index contributed by atoms with van der Waals surface area (Å²) >= 11 is 1.21. The van der Waals surface area contributed by atoms with Gasteiger partial charge in [0.1, 0.15) is 11.3 Å². The average Bonchev–Trinajstić information content (AvgIpc) is 3.27. The zero-order valence-corrected chi connectivity index (χ0v) is 17.2. The SMILES string of the molecule is Cc1cc(/C=N\NC(=O)CSc2nc3ccccc3o2)c(C)n1-c1ccc(F)cc1. The van der Waals surface area contributed by atoms with Crippen LogP contribution in [0.2, 0.25) is 0 Å². The van der Waals surface area contributed by atoms with Crippen molar-refractivity contribution in [3.8, 4) is 5.69 Å². The topological polar surface area (TPSA) is 72.4 Å². The maximum atomic E-state index is 13.2. The van der Waals surface area contributed by atoms with Crippen molar-refractivity contribution in [1.82, 2.24) is 15.0 Å². The van der Waals surface area contributed by atoms with Crippen molar-refractivity contribution in [3.05, 3.63) is 77.4 Å². The lowest BCUT2D eigenvalue weighted by atomic mass is 10.2. The highest BCUT2D eigenvalue weighted by molar-refractivity contribution is 7.99. The quantitative estimate of drug-likeness (QED) is 0.280. The summed E-state index contributed by atoms with van der Waals surface area (Å²) < 4.78 is 20.8. The van der Waals surface area contributed by atoms with E-state index in [1.165, 1.54) is 23.9 Å². The molecule has 6 nitrogen and oxygen atoms in total. The van der Waals surface area contributed by atoms with E-state index in [2.05, 4.69) is 15.5 Å². The third kappa shape index (κ3) is 4.28. The maximum Gasteiger partial charge on any atom is 0.257 e. The summed E-state index contributed by atoms with van der Waals surface area (Å²) in [4.78, 5) is 16.4. The molecule has 0 atom stereocenters. The van der Waals surface area contributed by atoms with E-state index in [0.717, 1.165) is 28.2 Å². The van der Waals surface area contributed by atoms with E-state index >= 15 is 0 Å². The monoisotopic (exact) mass is 422 g/mol. The van der Waals surface area contributed by atoms with Gasteiger partial charge in [-0.05, 0) is 56.3 Å². The molecule has 30 heavy (non-hydrogen) atoms. The molecule has 0 spiro atoms. The molecule has 152 valence electrons. The van der Waals surface area contributed by atoms with Gasteiger partial charge in [0.05, 0.1) is 12.0 Å². The number of rotatable bonds is 6. The zero-order chi connectivity index (χ0) is 21.1. The van der Waals surface area contributed by atoms with Crippen LogP contribution in [-0.4, -0.2) is 27.4 Å². The molecule has 2 heterocycles. The van der Waals surface area contributed by atoms with Gasteiger partial charge in [0.15, 0.2) is 5.58 Å². The van der Waals surface area contributed by atoms with Gasteiger partial charge < -0.3 is 8.98 Å². The summed E-state index contributed by atoms with van der Waals surface area (Å²) in [6, 6.07) is 15.7. The molecule has 2 aromatic carbocycles. The highest BCUT2D eigenvalue weighted by Gasteiger charge is 2.11. The van der Waals surface area contributed by atoms with Gasteiger partial charge in [0.2, 0.25) is 0 Å². The number of nitrogens with zero attached hydrogens (tertiary/aromatic N) is 3. The number of benzene rings is 2. The highest BCUT2D eigenvalue weighted by Crippen LogP contribution is 2.23. The predicted octanol–water partition coefficient (Wildman–Crippen LogP) is 4.62. The number of oxazole rings is 1. The van der Waals surface area contributed by atoms with Crippen LogP contribution < -0.4 is 5.43 Å². The van der Waals surface area contributed by atoms with Crippen molar-refractivity contribution in [2.24, 2.45) is 5.10 Å². The number of thioether (sulfide) groups is 1. The minimum atomic E-state index is -0.276. The molecule has 0 saturated carbocycles. The maximum absolute atomic E-state index is 13.2. The van der Waals surface area contributed by atoms with E-state index in [0.29, 0.717) is 10.8 Å². The molecule has 1 amide bonds. The number of hydrogen-bond donors (Lipinski definition) is 1. The molecule has 0 aliphatic carbocycles. The Kier molecular flexibility index (Phi) is 5.67. The Morgan fingerprint density at radius 1 is 1.23 bits per heavy atom. The van der Waals surface area contributed by atoms with Crippen molar-refractivity contribution >= 4 is 35.0 Å². The second-order valence-corrected chi connectivity index (χ2v) is 7.59. The molecule has 0 saturated heterocycles. The molecule has 2 aromatic heterocycles. The molecule has 0 radical (unpaired) electrons. The first-order chi connectivity index (χ1) is 14.5. The first-order valence-electron chi connectivity index (χ1n) is 9.26. The van der Waals surface area contributed by atoms with Crippen LogP contribution in [0.3, 0.4) is 0 Å². The summed E-state index contributed by atoms with van der Waals surface area (Å²) in [6.07, 6.45) is 1.60. The van der Waals surface area contributed by atoms with Crippen LogP contribution in [0.25, 0.3) is 16.8 Å². The summed E-state index contributed by atoms with van der Waals surface area (Å²) in [5, 5.41) is 4.50. The van der Waals surface area contributed by atoms with Gasteiger partial charge in [-0.25, -0.2) is 14.8 Å². The molecule has 0 bridgehead atoms. The number of hydrazone groups is 1. The third-order valence-electron chi connectivity index (χ3n) is 4.55. The lowest BCUT2D eigenvalue weighted by molar-refractivity contribution is -0.118. The molecular weight excluding hydrogens is 403 g/mol. The Balaban J connectivity index is 1.37. The van der Waals surface area contributed by atoms with Crippen molar-refractivity contribution in [1.29, 1.82) is 0 Å². The van der Waals surface area contributed by atoms with Gasteiger partial charge in [-0.3, -0.25) is 4.79 Å². The Labute approximate surface area is 176 Å². The molecule has 1 N–H and O–H groups in total. The molecule has 0 fully saturated rings. The van der Waals surface area contributed by atoms with E-state index in [1.807, 2.05) is 48.7 Å². The van der Waals surface area contributed by atoms with Crippen LogP contribution in [0.5, 0.6) is 0 Å². The number of carbonyl (C=O) groups excluding carboxylic acids is 1. The minimum Gasteiger partial charge on any atom is -0.431 e. The largest absolute Gasteiger partial charge is 0.431 e. The fourth-order valence-electron chi connectivity index (χ4n) is 3.15. The van der Waals surface area contributed by atoms with Crippen LogP contribution >= 0.6 is 11.8 Å². The number of hydrogen-bond acceptors (Lipinski definition) is 5. The van der Waals surface area contributed by atoms with Crippen LogP contribution in [0.1, 0.15) is 17.0 Å². The summed E-state index contributed by atoms with van der Waals surface area (Å²) in [5.74, 6) is -0.397. The van der Waals surface area contributed by atoms with Crippen LogP contribution in [0, 0.1) is 19.7 Å². The van der Waals surface area contributed by atoms with Crippen molar-refractivity contribution in [2.75, 3.05) is 5.75 Å². The number of amides is 1. The summed E-state index contributed by atoms with van der Waals surface area (Å²) in [6.45, 7) is 3.91. The van der Waals surface area contributed by atoms with Gasteiger partial charge in [0.25, 0.3) is 11.1 Å². The normalized spacial score (nSPS) is 11.4. The number of aromatic nitrogens is 2. The minimum absolute atomic E-state index is 0.138. The Bertz CT molecular complexity index is 1190. The Hall–Kier alpha value is -3.39. The van der Waals surface area contributed by atoms with Crippen molar-refractivity contribution < 1.29 is 13.6 Å². The number of fused-ring (bicyclic) bond motifs is 1. The van der Waals surface area contributed by atoms with E-state index in [9.17, 15) is 9.18 Å². The van der Waals surface area contributed by atoms with Crippen molar-refractivity contribution in [3.63, 3.8) is 0 Å². The van der Waals surface area contributed by atoms with E-state index < -0.39 is 0 Å². The number of nitrogens with one attached hydrogen (secondary N) is 1. The van der Waals surface area contributed by atoms with Gasteiger partial charge in [-0.2, -0.15) is 5.10 Å². The summed E-state index contributed by atoms with van der Waals surface area (Å²) in [7, 11) is 0. The van der Waals surface area contributed by atoms with Crippen molar-refractivity contribution in [2.45, 2.75) is 19.1 Å². The smallest absolute Gasteiger partial charge is 0.257 e. The number of para-hydroxylation sites is 2. The van der Waals surface area contributed by atoms with Gasteiger partial charge in [-0.1, -0.05) is 23.9 Å². The lowest BCUT2D eigenvalue weighted by Gasteiger charge is -2.09. The Morgan fingerprint density at radius 3 is 2.77 bits per heavy atom. The summed E-state index contributed by atoms with van der Waals surface area (Å²) in [5.41, 5.74) is 7.63. The van der Waals surface area contributed by atoms with Gasteiger partial charge in [-0.15, -0.1) is 0 Å². The predicted molar refractivity (Wildman–Crippen MR) is 116 cm³/mol. The first kappa shape index (κ1) is 19.9. The molecule has 4 rings (SSSR count). The van der Waals surface area contributed by atoms with E-state index in [4.69, 9.17) is 4.42 Å². The lowest BCUT2D eigenvalue weighted by Crippen LogP contribution is -2.19. The molecule has 0 aliphatic rings. The Morgan fingerprint density at radius 2 is 2.00 bits per heavy atom. The third-order valence-corrected chi connectivity index (χ3v) is 5.38. The number of carbonyl (C=O) groups is 1. The van der Waals surface area contributed by atoms with Crippen LogP contribution in [0.4, 0.5) is 4.39 Å². The molecule has 0 unspecified atom stereocenters. The molecule has 0 aliphatic heterocycles. The van der Waals surface area contributed by atoms with Gasteiger partial charge in [0, 0.05) is 22.6 Å². The highest BCUT2D eigenvalue weighted by atomic mass is 32.2. The average molecular weight is 422 g/mol. The van der Waals surface area contributed by atoms with Gasteiger partial charge >= 0.3 is 0 Å². The van der Waals surface area contributed by atoms with Crippen LogP contribution in [0.15, 0.2) is 69.3 Å². The zero-order valence-electron chi connectivity index (χ0n) is 16.4. The number of aryl methyl sites for hydroxylation is 1. The standard InChI is InChI=1S/C22H19FN4O2S/c1-14-11-16(15(2)27(14)18-9-7-17(23)8-10-18)12-24-26-21(28)13-30-22-25-19-5-3-4-6-20(19)29-22/h3-12H,13H2,1-2H3,(H,26,28)/b24-12-.